The van der Waals surface area contributed by atoms with Crippen molar-refractivity contribution in [3.05, 3.63) is 45.9 Å². The SMILES string of the molecule is Cc1ccc(NC(=O)c2csc(C#CCCO)c2)cn1. The van der Waals surface area contributed by atoms with Crippen molar-refractivity contribution in [2.45, 2.75) is 13.3 Å². The Morgan fingerprint density at radius 3 is 3.05 bits per heavy atom. The van der Waals surface area contributed by atoms with E-state index in [0.717, 1.165) is 10.6 Å². The summed E-state index contributed by atoms with van der Waals surface area (Å²) in [6.07, 6.45) is 2.07. The summed E-state index contributed by atoms with van der Waals surface area (Å²) in [5.74, 6) is 5.56. The molecule has 0 spiro atoms. The summed E-state index contributed by atoms with van der Waals surface area (Å²) in [4.78, 5) is 17.0. The number of hydrogen-bond acceptors (Lipinski definition) is 4. The maximum Gasteiger partial charge on any atom is 0.256 e. The van der Waals surface area contributed by atoms with Crippen LogP contribution in [0.1, 0.15) is 27.3 Å². The van der Waals surface area contributed by atoms with Gasteiger partial charge in [0.2, 0.25) is 0 Å². The Bertz CT molecular complexity index is 651. The second-order valence-corrected chi connectivity index (χ2v) is 5.03. The molecule has 2 N–H and O–H groups in total. The van der Waals surface area contributed by atoms with Crippen LogP contribution in [0.5, 0.6) is 0 Å². The van der Waals surface area contributed by atoms with Crippen LogP contribution in [-0.4, -0.2) is 22.6 Å². The lowest BCUT2D eigenvalue weighted by atomic mass is 10.2. The number of nitrogens with one attached hydrogen (secondary N) is 1. The first-order chi connectivity index (χ1) is 9.69. The molecule has 0 radical (unpaired) electrons. The molecule has 0 aliphatic rings. The van der Waals surface area contributed by atoms with E-state index in [0.29, 0.717) is 17.7 Å². The van der Waals surface area contributed by atoms with E-state index < -0.39 is 0 Å². The predicted octanol–water partition coefficient (Wildman–Crippen LogP) is 2.44. The molecular formula is C15H14N2O2S. The summed E-state index contributed by atoms with van der Waals surface area (Å²) in [7, 11) is 0. The molecule has 102 valence electrons. The molecule has 0 atom stereocenters. The number of pyridine rings is 1. The van der Waals surface area contributed by atoms with Gasteiger partial charge in [-0.1, -0.05) is 11.8 Å². The Morgan fingerprint density at radius 1 is 1.50 bits per heavy atom. The van der Waals surface area contributed by atoms with Crippen molar-refractivity contribution in [2.24, 2.45) is 0 Å². The van der Waals surface area contributed by atoms with Gasteiger partial charge in [0.1, 0.15) is 0 Å². The number of amides is 1. The molecule has 0 saturated heterocycles. The molecule has 0 bridgehead atoms. The number of carbonyl (C=O) groups is 1. The molecule has 4 nitrogen and oxygen atoms in total. The van der Waals surface area contributed by atoms with Gasteiger partial charge >= 0.3 is 0 Å². The van der Waals surface area contributed by atoms with Crippen LogP contribution in [0.25, 0.3) is 0 Å². The summed E-state index contributed by atoms with van der Waals surface area (Å²) in [6.45, 7) is 1.94. The molecule has 0 aliphatic heterocycles. The largest absolute Gasteiger partial charge is 0.395 e. The number of aryl methyl sites for hydroxylation is 1. The van der Waals surface area contributed by atoms with Gasteiger partial charge in [-0.2, -0.15) is 0 Å². The van der Waals surface area contributed by atoms with Crippen LogP contribution in [0.15, 0.2) is 29.8 Å². The van der Waals surface area contributed by atoms with Gasteiger partial charge in [0.05, 0.1) is 28.9 Å². The van der Waals surface area contributed by atoms with E-state index in [2.05, 4.69) is 22.1 Å². The van der Waals surface area contributed by atoms with Crippen molar-refractivity contribution in [1.82, 2.24) is 4.98 Å². The number of hydrogen-bond donors (Lipinski definition) is 2. The Morgan fingerprint density at radius 2 is 2.35 bits per heavy atom. The highest BCUT2D eigenvalue weighted by molar-refractivity contribution is 7.10. The number of anilines is 1. The second kappa shape index (κ2) is 6.85. The lowest BCUT2D eigenvalue weighted by Gasteiger charge is -2.02. The first-order valence-electron chi connectivity index (χ1n) is 6.11. The van der Waals surface area contributed by atoms with E-state index in [-0.39, 0.29) is 12.5 Å². The fourth-order valence-corrected chi connectivity index (χ4v) is 2.23. The molecule has 1 amide bonds. The number of carbonyl (C=O) groups excluding carboxylic acids is 1. The van der Waals surface area contributed by atoms with Gasteiger partial charge in [-0.05, 0) is 25.1 Å². The van der Waals surface area contributed by atoms with Crippen molar-refractivity contribution in [3.8, 4) is 11.8 Å². The maximum absolute atomic E-state index is 12.0. The third kappa shape index (κ3) is 3.92. The standard InChI is InChI=1S/C15H14N2O2S/c1-11-5-6-13(9-16-11)17-15(19)12-8-14(20-10-12)4-2-3-7-18/h5-6,8-10,18H,3,7H2,1H3,(H,17,19). The number of aromatic nitrogens is 1. The van der Waals surface area contributed by atoms with Crippen LogP contribution >= 0.6 is 11.3 Å². The zero-order chi connectivity index (χ0) is 14.4. The van der Waals surface area contributed by atoms with E-state index in [4.69, 9.17) is 5.11 Å². The average molecular weight is 286 g/mol. The lowest BCUT2D eigenvalue weighted by molar-refractivity contribution is 0.102. The molecule has 0 aliphatic carbocycles. The van der Waals surface area contributed by atoms with Crippen molar-refractivity contribution in [3.63, 3.8) is 0 Å². The summed E-state index contributed by atoms with van der Waals surface area (Å²) in [5.41, 5.74) is 2.14. The lowest BCUT2D eigenvalue weighted by Crippen LogP contribution is -2.10. The molecule has 2 heterocycles. The third-order valence-electron chi connectivity index (χ3n) is 2.48. The van der Waals surface area contributed by atoms with E-state index in [1.807, 2.05) is 19.1 Å². The van der Waals surface area contributed by atoms with Gasteiger partial charge in [0.25, 0.3) is 5.91 Å². The van der Waals surface area contributed by atoms with E-state index in [9.17, 15) is 4.79 Å². The van der Waals surface area contributed by atoms with Gasteiger partial charge in [-0.25, -0.2) is 0 Å². The van der Waals surface area contributed by atoms with E-state index >= 15 is 0 Å². The Labute approximate surface area is 121 Å². The van der Waals surface area contributed by atoms with Gasteiger partial charge in [-0.3, -0.25) is 9.78 Å². The Kier molecular flexibility index (Phi) is 4.88. The molecule has 2 aromatic rings. The number of aliphatic hydroxyl groups excluding tert-OH is 1. The molecule has 0 fully saturated rings. The maximum atomic E-state index is 12.0. The minimum absolute atomic E-state index is 0.0478. The summed E-state index contributed by atoms with van der Waals surface area (Å²) in [6, 6.07) is 5.40. The van der Waals surface area contributed by atoms with Crippen LogP contribution in [-0.2, 0) is 0 Å². The zero-order valence-electron chi connectivity index (χ0n) is 11.0. The molecule has 5 heteroatoms. The highest BCUT2D eigenvalue weighted by Gasteiger charge is 2.08. The number of thiophene rings is 1. The fourth-order valence-electron chi connectivity index (χ4n) is 1.47. The monoisotopic (exact) mass is 286 g/mol. The van der Waals surface area contributed by atoms with Crippen LogP contribution in [0.2, 0.25) is 0 Å². The highest BCUT2D eigenvalue weighted by atomic mass is 32.1. The average Bonchev–Trinajstić information content (AvgIpc) is 2.91. The Balaban J connectivity index is 2.03. The number of aliphatic hydroxyl groups is 1. The van der Waals surface area contributed by atoms with Crippen LogP contribution in [0.4, 0.5) is 5.69 Å². The highest BCUT2D eigenvalue weighted by Crippen LogP contribution is 2.15. The topological polar surface area (TPSA) is 62.2 Å². The molecule has 20 heavy (non-hydrogen) atoms. The fraction of sp³-hybridized carbons (Fsp3) is 0.200. The summed E-state index contributed by atoms with van der Waals surface area (Å²) >= 11 is 1.41. The summed E-state index contributed by atoms with van der Waals surface area (Å²) in [5, 5.41) is 13.2. The first kappa shape index (κ1) is 14.3. The Hall–Kier alpha value is -2.16. The molecule has 0 aromatic carbocycles. The number of rotatable bonds is 3. The smallest absolute Gasteiger partial charge is 0.256 e. The molecule has 2 aromatic heterocycles. The van der Waals surface area contributed by atoms with Crippen molar-refractivity contribution < 1.29 is 9.90 Å². The minimum atomic E-state index is -0.179. The third-order valence-corrected chi connectivity index (χ3v) is 3.32. The van der Waals surface area contributed by atoms with Crippen molar-refractivity contribution >= 4 is 22.9 Å². The molecule has 2 rings (SSSR count). The number of nitrogens with zero attached hydrogens (tertiary/aromatic N) is 1. The van der Waals surface area contributed by atoms with E-state index in [1.54, 1.807) is 17.6 Å². The van der Waals surface area contributed by atoms with Crippen LogP contribution in [0, 0.1) is 18.8 Å². The molecule has 0 unspecified atom stereocenters. The van der Waals surface area contributed by atoms with Crippen LogP contribution in [0.3, 0.4) is 0 Å². The summed E-state index contributed by atoms with van der Waals surface area (Å²) < 4.78 is 0. The van der Waals surface area contributed by atoms with Crippen molar-refractivity contribution in [2.75, 3.05) is 11.9 Å². The quantitative estimate of drug-likeness (QED) is 0.852. The normalized spacial score (nSPS) is 9.70. The minimum Gasteiger partial charge on any atom is -0.395 e. The van der Waals surface area contributed by atoms with E-state index in [1.165, 1.54) is 11.3 Å². The molecular weight excluding hydrogens is 272 g/mol. The van der Waals surface area contributed by atoms with Gasteiger partial charge in [-0.15, -0.1) is 11.3 Å². The van der Waals surface area contributed by atoms with Crippen LogP contribution < -0.4 is 5.32 Å². The van der Waals surface area contributed by atoms with Gasteiger partial charge in [0.15, 0.2) is 0 Å². The second-order valence-electron chi connectivity index (χ2n) is 4.12. The molecule has 0 saturated carbocycles. The first-order valence-corrected chi connectivity index (χ1v) is 6.99. The van der Waals surface area contributed by atoms with Crippen molar-refractivity contribution in [1.29, 1.82) is 0 Å². The predicted molar refractivity (Wildman–Crippen MR) is 79.8 cm³/mol. The zero-order valence-corrected chi connectivity index (χ0v) is 11.8. The van der Waals surface area contributed by atoms with Gasteiger partial charge < -0.3 is 10.4 Å². The van der Waals surface area contributed by atoms with Gasteiger partial charge in [0, 0.05) is 17.5 Å².